The molecule has 2 aromatic carbocycles. The number of benzene rings is 2. The number of nitrogens with zero attached hydrogens (tertiary/aromatic N) is 1. The molecule has 0 aliphatic rings. The summed E-state index contributed by atoms with van der Waals surface area (Å²) in [6.07, 6.45) is 1.38. The van der Waals surface area contributed by atoms with Crippen molar-refractivity contribution in [1.82, 2.24) is 5.43 Å². The minimum absolute atomic E-state index is 0.172. The summed E-state index contributed by atoms with van der Waals surface area (Å²) in [5, 5.41) is 5.35. The van der Waals surface area contributed by atoms with Gasteiger partial charge in [0, 0.05) is 10.6 Å². The number of aryl methyl sites for hydroxylation is 1. The molecule has 0 spiro atoms. The Morgan fingerprint density at radius 3 is 2.52 bits per heavy atom. The first-order chi connectivity index (χ1) is 11.0. The highest BCUT2D eigenvalue weighted by Crippen LogP contribution is 2.22. The minimum Gasteiger partial charge on any atom is -0.484 e. The Hall–Kier alpha value is -1.75. The van der Waals surface area contributed by atoms with Crippen LogP contribution in [0.4, 0.5) is 0 Å². The quantitative estimate of drug-likeness (QED) is 0.622. The number of halogens is 3. The SMILES string of the molecule is Cc1cc(OCC(=O)NN=Cc2c(Cl)cccc2Cl)ccc1Cl. The summed E-state index contributed by atoms with van der Waals surface area (Å²) in [7, 11) is 0. The number of rotatable bonds is 5. The van der Waals surface area contributed by atoms with E-state index in [0.29, 0.717) is 26.4 Å². The zero-order valence-electron chi connectivity index (χ0n) is 12.1. The van der Waals surface area contributed by atoms with Gasteiger partial charge in [0.15, 0.2) is 6.61 Å². The maximum Gasteiger partial charge on any atom is 0.277 e. The molecule has 0 radical (unpaired) electrons. The molecule has 0 aromatic heterocycles. The van der Waals surface area contributed by atoms with E-state index in [9.17, 15) is 4.79 Å². The average molecular weight is 372 g/mol. The summed E-state index contributed by atoms with van der Waals surface area (Å²) in [6, 6.07) is 10.2. The van der Waals surface area contributed by atoms with Crippen LogP contribution in [0.1, 0.15) is 11.1 Å². The maximum absolute atomic E-state index is 11.7. The van der Waals surface area contributed by atoms with Crippen LogP contribution in [0.2, 0.25) is 15.1 Å². The topological polar surface area (TPSA) is 50.7 Å². The number of ether oxygens (including phenoxy) is 1. The molecule has 0 fully saturated rings. The Labute approximate surface area is 149 Å². The van der Waals surface area contributed by atoms with E-state index in [4.69, 9.17) is 39.5 Å². The molecule has 0 atom stereocenters. The van der Waals surface area contributed by atoms with E-state index in [-0.39, 0.29) is 6.61 Å². The van der Waals surface area contributed by atoms with Gasteiger partial charge >= 0.3 is 0 Å². The highest BCUT2D eigenvalue weighted by atomic mass is 35.5. The Balaban J connectivity index is 1.87. The van der Waals surface area contributed by atoms with Crippen LogP contribution in [-0.4, -0.2) is 18.7 Å². The lowest BCUT2D eigenvalue weighted by atomic mass is 10.2. The summed E-state index contributed by atoms with van der Waals surface area (Å²) in [6.45, 7) is 1.68. The Morgan fingerprint density at radius 1 is 1.17 bits per heavy atom. The number of amides is 1. The van der Waals surface area contributed by atoms with E-state index in [2.05, 4.69) is 10.5 Å². The first-order valence-electron chi connectivity index (χ1n) is 6.62. The fraction of sp³-hybridized carbons (Fsp3) is 0.125. The van der Waals surface area contributed by atoms with Gasteiger partial charge in [-0.1, -0.05) is 40.9 Å². The van der Waals surface area contributed by atoms with Crippen LogP contribution in [0.15, 0.2) is 41.5 Å². The molecule has 0 saturated heterocycles. The molecule has 2 aromatic rings. The first-order valence-corrected chi connectivity index (χ1v) is 7.75. The van der Waals surface area contributed by atoms with Crippen molar-refractivity contribution in [3.63, 3.8) is 0 Å². The molecule has 0 unspecified atom stereocenters. The van der Waals surface area contributed by atoms with Gasteiger partial charge in [0.25, 0.3) is 5.91 Å². The molecule has 1 amide bonds. The van der Waals surface area contributed by atoms with Crippen LogP contribution >= 0.6 is 34.8 Å². The van der Waals surface area contributed by atoms with Gasteiger partial charge in [-0.25, -0.2) is 5.43 Å². The van der Waals surface area contributed by atoms with E-state index in [0.717, 1.165) is 5.56 Å². The molecular weight excluding hydrogens is 359 g/mol. The first kappa shape index (κ1) is 17.6. The van der Waals surface area contributed by atoms with Crippen molar-refractivity contribution in [3.8, 4) is 5.75 Å². The summed E-state index contributed by atoms with van der Waals surface area (Å²) in [5.41, 5.74) is 3.75. The summed E-state index contributed by atoms with van der Waals surface area (Å²) < 4.78 is 5.36. The second-order valence-electron chi connectivity index (χ2n) is 4.63. The Morgan fingerprint density at radius 2 is 1.87 bits per heavy atom. The van der Waals surface area contributed by atoms with Crippen LogP contribution in [0.25, 0.3) is 0 Å². The largest absolute Gasteiger partial charge is 0.484 e. The van der Waals surface area contributed by atoms with Crippen molar-refractivity contribution in [2.45, 2.75) is 6.92 Å². The third-order valence-electron chi connectivity index (χ3n) is 2.88. The van der Waals surface area contributed by atoms with Gasteiger partial charge in [-0.3, -0.25) is 4.79 Å². The number of carbonyl (C=O) groups excluding carboxylic acids is 1. The van der Waals surface area contributed by atoms with Crippen molar-refractivity contribution in [2.75, 3.05) is 6.61 Å². The van der Waals surface area contributed by atoms with Gasteiger partial charge in [0.1, 0.15) is 5.75 Å². The number of hydrazone groups is 1. The maximum atomic E-state index is 11.7. The average Bonchev–Trinajstić information content (AvgIpc) is 2.51. The number of nitrogens with one attached hydrogen (secondary N) is 1. The third-order valence-corrected chi connectivity index (χ3v) is 3.97. The molecule has 4 nitrogen and oxygen atoms in total. The zero-order chi connectivity index (χ0) is 16.8. The van der Waals surface area contributed by atoms with E-state index >= 15 is 0 Å². The van der Waals surface area contributed by atoms with E-state index in [1.807, 2.05) is 6.92 Å². The molecule has 0 saturated carbocycles. The van der Waals surface area contributed by atoms with Gasteiger partial charge in [-0.15, -0.1) is 0 Å². The minimum atomic E-state index is -0.406. The highest BCUT2D eigenvalue weighted by Gasteiger charge is 2.05. The zero-order valence-corrected chi connectivity index (χ0v) is 14.4. The van der Waals surface area contributed by atoms with Crippen LogP contribution < -0.4 is 10.2 Å². The molecular formula is C16H13Cl3N2O2. The van der Waals surface area contributed by atoms with Gasteiger partial charge < -0.3 is 4.74 Å². The van der Waals surface area contributed by atoms with Gasteiger partial charge in [-0.2, -0.15) is 5.10 Å². The van der Waals surface area contributed by atoms with Gasteiger partial charge in [-0.05, 0) is 42.8 Å². The monoisotopic (exact) mass is 370 g/mol. The lowest BCUT2D eigenvalue weighted by Gasteiger charge is -2.06. The number of hydrogen-bond acceptors (Lipinski definition) is 3. The van der Waals surface area contributed by atoms with Crippen LogP contribution in [0.5, 0.6) is 5.75 Å². The van der Waals surface area contributed by atoms with Crippen LogP contribution in [0.3, 0.4) is 0 Å². The predicted octanol–water partition coefficient (Wildman–Crippen LogP) is 4.48. The van der Waals surface area contributed by atoms with Gasteiger partial charge in [0.2, 0.25) is 0 Å². The van der Waals surface area contributed by atoms with Crippen LogP contribution in [0, 0.1) is 6.92 Å². The second kappa shape index (κ2) is 8.20. The molecule has 0 bridgehead atoms. The van der Waals surface area contributed by atoms with E-state index in [1.165, 1.54) is 6.21 Å². The van der Waals surface area contributed by atoms with Crippen molar-refractivity contribution in [1.29, 1.82) is 0 Å². The van der Waals surface area contributed by atoms with Crippen molar-refractivity contribution >= 4 is 46.9 Å². The molecule has 23 heavy (non-hydrogen) atoms. The van der Waals surface area contributed by atoms with E-state index < -0.39 is 5.91 Å². The standard InChI is InChI=1S/C16H13Cl3N2O2/c1-10-7-11(5-6-13(10)17)23-9-16(22)21-20-8-12-14(18)3-2-4-15(12)19/h2-8H,9H2,1H3,(H,21,22). The number of carbonyl (C=O) groups is 1. The molecule has 7 heteroatoms. The molecule has 0 aliphatic heterocycles. The normalized spacial score (nSPS) is 10.8. The third kappa shape index (κ3) is 5.13. The predicted molar refractivity (Wildman–Crippen MR) is 93.9 cm³/mol. The molecule has 0 heterocycles. The van der Waals surface area contributed by atoms with Crippen molar-refractivity contribution in [3.05, 3.63) is 62.6 Å². The lowest BCUT2D eigenvalue weighted by Crippen LogP contribution is -2.24. The second-order valence-corrected chi connectivity index (χ2v) is 5.85. The number of hydrogen-bond donors (Lipinski definition) is 1. The molecule has 2 rings (SSSR count). The van der Waals surface area contributed by atoms with Crippen molar-refractivity contribution < 1.29 is 9.53 Å². The Bertz CT molecular complexity index is 728. The smallest absolute Gasteiger partial charge is 0.277 e. The van der Waals surface area contributed by atoms with Crippen molar-refractivity contribution in [2.24, 2.45) is 5.10 Å². The fourth-order valence-electron chi connectivity index (χ4n) is 1.69. The van der Waals surface area contributed by atoms with Gasteiger partial charge in [0.05, 0.1) is 16.3 Å². The summed E-state index contributed by atoms with van der Waals surface area (Å²) in [5.74, 6) is 0.150. The molecule has 120 valence electrons. The Kier molecular flexibility index (Phi) is 6.28. The molecule has 1 N–H and O–H groups in total. The lowest BCUT2D eigenvalue weighted by molar-refractivity contribution is -0.123. The summed E-state index contributed by atoms with van der Waals surface area (Å²) >= 11 is 17.9. The van der Waals surface area contributed by atoms with E-state index in [1.54, 1.807) is 36.4 Å². The molecule has 0 aliphatic carbocycles. The van der Waals surface area contributed by atoms with Crippen LogP contribution in [-0.2, 0) is 4.79 Å². The summed E-state index contributed by atoms with van der Waals surface area (Å²) in [4.78, 5) is 11.7. The fourth-order valence-corrected chi connectivity index (χ4v) is 2.30. The highest BCUT2D eigenvalue weighted by molar-refractivity contribution is 6.38.